The van der Waals surface area contributed by atoms with Crippen LogP contribution in [0.5, 0.6) is 0 Å². The van der Waals surface area contributed by atoms with E-state index in [4.69, 9.17) is 5.73 Å². The summed E-state index contributed by atoms with van der Waals surface area (Å²) in [6.07, 6.45) is 0.921. The van der Waals surface area contributed by atoms with Gasteiger partial charge < -0.3 is 11.1 Å². The maximum atomic E-state index is 10.4. The Morgan fingerprint density at radius 1 is 1.44 bits per heavy atom. The standard InChI is InChI=1S/C8H9NO.C3H5NOS/c9-8(10)6-7-4-2-1-3-5-7;5-2-1-3(6)4-2/h1-5H,6H2,(H2,9,10);3,6H,1H2,(H,4,5)/t;3-/m.1/s1. The largest absolute Gasteiger partial charge is 0.369 e. The number of nitrogens with one attached hydrogen (secondary N) is 1. The van der Waals surface area contributed by atoms with E-state index in [0.29, 0.717) is 12.8 Å². The molecule has 1 aromatic carbocycles. The summed E-state index contributed by atoms with van der Waals surface area (Å²) in [7, 11) is 0. The van der Waals surface area contributed by atoms with Crippen molar-refractivity contribution in [1.82, 2.24) is 5.32 Å². The van der Waals surface area contributed by atoms with E-state index in [1.165, 1.54) is 0 Å². The third kappa shape index (κ3) is 4.84. The van der Waals surface area contributed by atoms with Crippen molar-refractivity contribution in [3.63, 3.8) is 0 Å². The molecule has 16 heavy (non-hydrogen) atoms. The van der Waals surface area contributed by atoms with Gasteiger partial charge in [0.05, 0.1) is 18.2 Å². The van der Waals surface area contributed by atoms with Crippen LogP contribution in [-0.2, 0) is 16.0 Å². The molecule has 2 rings (SSSR count). The lowest BCUT2D eigenvalue weighted by Gasteiger charge is -2.20. The minimum absolute atomic E-state index is 0.106. The average Bonchev–Trinajstić information content (AvgIpc) is 2.17. The normalized spacial score (nSPS) is 17.6. The van der Waals surface area contributed by atoms with E-state index in [1.54, 1.807) is 0 Å². The molecule has 0 radical (unpaired) electrons. The molecule has 0 aliphatic carbocycles. The van der Waals surface area contributed by atoms with Crippen molar-refractivity contribution in [3.8, 4) is 0 Å². The van der Waals surface area contributed by atoms with Crippen molar-refractivity contribution < 1.29 is 9.59 Å². The Labute approximate surface area is 99.6 Å². The van der Waals surface area contributed by atoms with Crippen LogP contribution in [0.3, 0.4) is 0 Å². The fraction of sp³-hybridized carbons (Fsp3) is 0.273. The van der Waals surface area contributed by atoms with Crippen LogP contribution in [0, 0.1) is 0 Å². The number of carbonyl (C=O) groups is 2. The van der Waals surface area contributed by atoms with Gasteiger partial charge in [-0.2, -0.15) is 12.6 Å². The fourth-order valence-electron chi connectivity index (χ4n) is 1.14. The summed E-state index contributed by atoms with van der Waals surface area (Å²) in [6.45, 7) is 0. The molecule has 0 saturated carbocycles. The third-order valence-electron chi connectivity index (χ3n) is 1.93. The first-order valence-corrected chi connectivity index (χ1v) is 5.39. The third-order valence-corrected chi connectivity index (χ3v) is 2.24. The Morgan fingerprint density at radius 3 is 2.31 bits per heavy atom. The molecule has 0 aromatic heterocycles. The van der Waals surface area contributed by atoms with Crippen molar-refractivity contribution >= 4 is 24.4 Å². The summed E-state index contributed by atoms with van der Waals surface area (Å²) in [4.78, 5) is 20.3. The zero-order valence-corrected chi connectivity index (χ0v) is 9.61. The molecular formula is C11H14N2O2S. The van der Waals surface area contributed by atoms with Crippen molar-refractivity contribution in [2.24, 2.45) is 5.73 Å². The van der Waals surface area contributed by atoms with Crippen LogP contribution >= 0.6 is 12.6 Å². The van der Waals surface area contributed by atoms with Crippen LogP contribution in [0.25, 0.3) is 0 Å². The predicted molar refractivity (Wildman–Crippen MR) is 64.9 cm³/mol. The fourth-order valence-corrected chi connectivity index (χ4v) is 1.45. The maximum absolute atomic E-state index is 10.4. The number of hydrogen-bond donors (Lipinski definition) is 3. The van der Waals surface area contributed by atoms with E-state index in [9.17, 15) is 9.59 Å². The van der Waals surface area contributed by atoms with E-state index >= 15 is 0 Å². The molecule has 86 valence electrons. The average molecular weight is 238 g/mol. The SMILES string of the molecule is NC(=O)Cc1ccccc1.O=C1C[C@@H](S)N1. The number of benzene rings is 1. The first kappa shape index (κ1) is 12.6. The van der Waals surface area contributed by atoms with Crippen LogP contribution in [0.2, 0.25) is 0 Å². The highest BCUT2D eigenvalue weighted by atomic mass is 32.1. The van der Waals surface area contributed by atoms with E-state index in [-0.39, 0.29) is 17.2 Å². The van der Waals surface area contributed by atoms with Gasteiger partial charge in [-0.05, 0) is 5.56 Å². The van der Waals surface area contributed by atoms with Crippen LogP contribution in [-0.4, -0.2) is 17.2 Å². The second-order valence-electron chi connectivity index (χ2n) is 3.42. The molecule has 0 bridgehead atoms. The molecule has 4 nitrogen and oxygen atoms in total. The smallest absolute Gasteiger partial charge is 0.223 e. The Balaban J connectivity index is 0.000000181. The Bertz CT molecular complexity index is 360. The number of amides is 2. The van der Waals surface area contributed by atoms with Gasteiger partial charge in [0.25, 0.3) is 0 Å². The molecule has 5 heteroatoms. The van der Waals surface area contributed by atoms with Crippen molar-refractivity contribution in [2.75, 3.05) is 0 Å². The molecular weight excluding hydrogens is 224 g/mol. The number of β-lactam (4-membered cyclic amide) rings is 1. The molecule has 1 aliphatic heterocycles. The lowest BCUT2D eigenvalue weighted by atomic mass is 10.1. The minimum atomic E-state index is -0.286. The van der Waals surface area contributed by atoms with Gasteiger partial charge in [-0.3, -0.25) is 9.59 Å². The molecule has 1 heterocycles. The van der Waals surface area contributed by atoms with Gasteiger partial charge in [-0.25, -0.2) is 0 Å². The first-order valence-electron chi connectivity index (χ1n) is 4.87. The van der Waals surface area contributed by atoms with E-state index in [0.717, 1.165) is 5.56 Å². The molecule has 1 aliphatic rings. The number of rotatable bonds is 2. The van der Waals surface area contributed by atoms with Gasteiger partial charge in [-0.15, -0.1) is 0 Å². The predicted octanol–water partition coefficient (Wildman–Crippen LogP) is 0.477. The molecule has 0 spiro atoms. The topological polar surface area (TPSA) is 72.2 Å². The summed E-state index contributed by atoms with van der Waals surface area (Å²) < 4.78 is 0. The van der Waals surface area contributed by atoms with Crippen LogP contribution in [0.4, 0.5) is 0 Å². The number of nitrogens with two attached hydrogens (primary N) is 1. The minimum Gasteiger partial charge on any atom is -0.369 e. The van der Waals surface area contributed by atoms with Gasteiger partial charge in [-0.1, -0.05) is 30.3 Å². The van der Waals surface area contributed by atoms with Crippen molar-refractivity contribution in [2.45, 2.75) is 18.2 Å². The number of primary amides is 1. The van der Waals surface area contributed by atoms with E-state index in [2.05, 4.69) is 17.9 Å². The lowest BCUT2D eigenvalue weighted by molar-refractivity contribution is -0.126. The highest BCUT2D eigenvalue weighted by molar-refractivity contribution is 7.81. The van der Waals surface area contributed by atoms with Gasteiger partial charge in [0.15, 0.2) is 0 Å². The Hall–Kier alpha value is -1.49. The van der Waals surface area contributed by atoms with Crippen LogP contribution < -0.4 is 11.1 Å². The number of thiol groups is 1. The monoisotopic (exact) mass is 238 g/mol. The zero-order chi connectivity index (χ0) is 12.0. The van der Waals surface area contributed by atoms with E-state index < -0.39 is 0 Å². The van der Waals surface area contributed by atoms with Gasteiger partial charge in [0.1, 0.15) is 0 Å². The highest BCUT2D eigenvalue weighted by Crippen LogP contribution is 2.05. The van der Waals surface area contributed by atoms with Crippen LogP contribution in [0.15, 0.2) is 30.3 Å². The van der Waals surface area contributed by atoms with Crippen LogP contribution in [0.1, 0.15) is 12.0 Å². The zero-order valence-electron chi connectivity index (χ0n) is 8.72. The summed E-state index contributed by atoms with van der Waals surface area (Å²) in [5.41, 5.74) is 5.95. The molecule has 1 saturated heterocycles. The summed E-state index contributed by atoms with van der Waals surface area (Å²) >= 11 is 3.91. The summed E-state index contributed by atoms with van der Waals surface area (Å²) in [5, 5.41) is 2.67. The quantitative estimate of drug-likeness (QED) is 0.518. The lowest BCUT2D eigenvalue weighted by Crippen LogP contribution is -2.44. The number of hydrogen-bond acceptors (Lipinski definition) is 3. The molecule has 0 unspecified atom stereocenters. The molecule has 3 N–H and O–H groups in total. The first-order chi connectivity index (χ1) is 7.58. The van der Waals surface area contributed by atoms with Gasteiger partial charge in [0.2, 0.25) is 11.8 Å². The molecule has 1 fully saturated rings. The second kappa shape index (κ2) is 6.17. The Morgan fingerprint density at radius 2 is 2.00 bits per heavy atom. The van der Waals surface area contributed by atoms with Gasteiger partial charge >= 0.3 is 0 Å². The molecule has 2 amide bonds. The van der Waals surface area contributed by atoms with Crippen molar-refractivity contribution in [3.05, 3.63) is 35.9 Å². The van der Waals surface area contributed by atoms with Gasteiger partial charge in [0, 0.05) is 0 Å². The maximum Gasteiger partial charge on any atom is 0.223 e. The van der Waals surface area contributed by atoms with Crippen molar-refractivity contribution in [1.29, 1.82) is 0 Å². The Kier molecular flexibility index (Phi) is 4.85. The highest BCUT2D eigenvalue weighted by Gasteiger charge is 2.19. The summed E-state index contributed by atoms with van der Waals surface area (Å²) in [6, 6.07) is 9.44. The van der Waals surface area contributed by atoms with E-state index in [1.807, 2.05) is 30.3 Å². The molecule has 1 atom stereocenters. The number of carbonyl (C=O) groups excluding carboxylic acids is 2. The summed E-state index contributed by atoms with van der Waals surface area (Å²) in [5.74, 6) is -0.179. The second-order valence-corrected chi connectivity index (χ2v) is 4.04. The molecule has 1 aromatic rings.